The van der Waals surface area contributed by atoms with Crippen LogP contribution in [0.15, 0.2) is 36.8 Å². The maximum Gasteiger partial charge on any atom is 0.274 e. The molecule has 0 atom stereocenters. The number of hydrogen-bond donors (Lipinski definition) is 1. The predicted molar refractivity (Wildman–Crippen MR) is 83.7 cm³/mol. The molecule has 0 bridgehead atoms. The van der Waals surface area contributed by atoms with Gasteiger partial charge in [0.05, 0.1) is 6.20 Å². The number of carbonyl (C=O) groups excluding carboxylic acids is 1. The summed E-state index contributed by atoms with van der Waals surface area (Å²) in [5.41, 5.74) is 1.51. The van der Waals surface area contributed by atoms with Crippen molar-refractivity contribution in [3.05, 3.63) is 48.2 Å². The molecule has 1 aliphatic rings. The lowest BCUT2D eigenvalue weighted by atomic mass is 9.93. The number of hydrogen-bond acceptors (Lipinski definition) is 5. The maximum absolute atomic E-state index is 12.3. The zero-order valence-corrected chi connectivity index (χ0v) is 12.6. The quantitative estimate of drug-likeness (QED) is 0.937. The molecular formula is C16H19N5O. The van der Waals surface area contributed by atoms with Crippen LogP contribution in [0, 0.1) is 0 Å². The molecule has 22 heavy (non-hydrogen) atoms. The Morgan fingerprint density at radius 3 is 2.77 bits per heavy atom. The Morgan fingerprint density at radius 1 is 1.27 bits per heavy atom. The SMILES string of the molecule is CNc1cccc(C2CCN(C(=O)c3cnccn3)CC2)n1. The number of carbonyl (C=O) groups is 1. The zero-order chi connectivity index (χ0) is 15.4. The Kier molecular flexibility index (Phi) is 4.27. The van der Waals surface area contributed by atoms with Gasteiger partial charge in [0.1, 0.15) is 11.5 Å². The molecule has 1 N–H and O–H groups in total. The molecule has 2 aromatic heterocycles. The van der Waals surface area contributed by atoms with Gasteiger partial charge in [-0.3, -0.25) is 9.78 Å². The molecule has 3 rings (SSSR count). The smallest absolute Gasteiger partial charge is 0.274 e. The number of amides is 1. The third-order valence-electron chi connectivity index (χ3n) is 4.01. The van der Waals surface area contributed by atoms with E-state index in [0.717, 1.165) is 37.4 Å². The van der Waals surface area contributed by atoms with Crippen molar-refractivity contribution in [2.24, 2.45) is 0 Å². The van der Waals surface area contributed by atoms with Crippen LogP contribution in [0.2, 0.25) is 0 Å². The van der Waals surface area contributed by atoms with Gasteiger partial charge in [0.15, 0.2) is 0 Å². The fourth-order valence-electron chi connectivity index (χ4n) is 2.77. The number of rotatable bonds is 3. The van der Waals surface area contributed by atoms with Crippen LogP contribution < -0.4 is 5.32 Å². The lowest BCUT2D eigenvalue weighted by molar-refractivity contribution is 0.0705. The van der Waals surface area contributed by atoms with Gasteiger partial charge in [-0.05, 0) is 25.0 Å². The molecule has 1 saturated heterocycles. The van der Waals surface area contributed by atoms with Gasteiger partial charge in [0, 0.05) is 44.1 Å². The van der Waals surface area contributed by atoms with Crippen LogP contribution >= 0.6 is 0 Å². The van der Waals surface area contributed by atoms with E-state index >= 15 is 0 Å². The third-order valence-corrected chi connectivity index (χ3v) is 4.01. The van der Waals surface area contributed by atoms with Gasteiger partial charge in [0.2, 0.25) is 0 Å². The minimum absolute atomic E-state index is 0.0384. The Morgan fingerprint density at radius 2 is 2.09 bits per heavy atom. The average Bonchev–Trinajstić information content (AvgIpc) is 2.62. The number of nitrogens with zero attached hydrogens (tertiary/aromatic N) is 4. The van der Waals surface area contributed by atoms with Gasteiger partial charge in [0.25, 0.3) is 5.91 Å². The van der Waals surface area contributed by atoms with E-state index in [1.54, 1.807) is 12.4 Å². The van der Waals surface area contributed by atoms with Gasteiger partial charge >= 0.3 is 0 Å². The molecule has 0 radical (unpaired) electrons. The number of aromatic nitrogens is 3. The largest absolute Gasteiger partial charge is 0.373 e. The Bertz CT molecular complexity index is 638. The Balaban J connectivity index is 1.64. The molecule has 114 valence electrons. The summed E-state index contributed by atoms with van der Waals surface area (Å²) in [5, 5.41) is 3.06. The molecule has 6 nitrogen and oxygen atoms in total. The molecule has 1 fully saturated rings. The summed E-state index contributed by atoms with van der Waals surface area (Å²) in [6.07, 6.45) is 6.49. The van der Waals surface area contributed by atoms with Crippen molar-refractivity contribution in [3.8, 4) is 0 Å². The van der Waals surface area contributed by atoms with E-state index in [4.69, 9.17) is 0 Å². The summed E-state index contributed by atoms with van der Waals surface area (Å²) in [4.78, 5) is 26.8. The first kappa shape index (κ1) is 14.4. The summed E-state index contributed by atoms with van der Waals surface area (Å²) < 4.78 is 0. The molecule has 1 aliphatic heterocycles. The van der Waals surface area contributed by atoms with Crippen LogP contribution in [0.25, 0.3) is 0 Å². The van der Waals surface area contributed by atoms with Crippen LogP contribution in [-0.2, 0) is 0 Å². The zero-order valence-electron chi connectivity index (χ0n) is 12.6. The highest BCUT2D eigenvalue weighted by atomic mass is 16.2. The lowest BCUT2D eigenvalue weighted by Gasteiger charge is -2.31. The van der Waals surface area contributed by atoms with E-state index in [9.17, 15) is 4.79 Å². The molecule has 0 spiro atoms. The van der Waals surface area contributed by atoms with Crippen molar-refractivity contribution >= 4 is 11.7 Å². The fraction of sp³-hybridized carbons (Fsp3) is 0.375. The van der Waals surface area contributed by atoms with E-state index < -0.39 is 0 Å². The van der Waals surface area contributed by atoms with Crippen LogP contribution in [-0.4, -0.2) is 45.9 Å². The van der Waals surface area contributed by atoms with Crippen LogP contribution in [0.1, 0.15) is 34.9 Å². The second kappa shape index (κ2) is 6.51. The van der Waals surface area contributed by atoms with Crippen molar-refractivity contribution in [3.63, 3.8) is 0 Å². The molecule has 0 unspecified atom stereocenters. The van der Waals surface area contributed by atoms with Gasteiger partial charge in [-0.1, -0.05) is 6.07 Å². The van der Waals surface area contributed by atoms with Gasteiger partial charge in [-0.15, -0.1) is 0 Å². The first-order valence-corrected chi connectivity index (χ1v) is 7.48. The first-order valence-electron chi connectivity index (χ1n) is 7.48. The minimum Gasteiger partial charge on any atom is -0.373 e. The van der Waals surface area contributed by atoms with Crippen LogP contribution in [0.4, 0.5) is 5.82 Å². The standard InChI is InChI=1S/C16H19N5O/c1-17-15-4-2-3-13(20-15)12-5-9-21(10-6-12)16(22)14-11-18-7-8-19-14/h2-4,7-8,11-12H,5-6,9-10H2,1H3,(H,17,20). The van der Waals surface area contributed by atoms with Crippen molar-refractivity contribution in [2.45, 2.75) is 18.8 Å². The highest BCUT2D eigenvalue weighted by Gasteiger charge is 2.26. The van der Waals surface area contributed by atoms with E-state index in [1.807, 2.05) is 24.1 Å². The second-order valence-corrected chi connectivity index (χ2v) is 5.35. The highest BCUT2D eigenvalue weighted by Crippen LogP contribution is 2.27. The van der Waals surface area contributed by atoms with Gasteiger partial charge in [-0.2, -0.15) is 0 Å². The van der Waals surface area contributed by atoms with Crippen molar-refractivity contribution < 1.29 is 4.79 Å². The third kappa shape index (κ3) is 3.05. The molecule has 0 saturated carbocycles. The number of nitrogens with one attached hydrogen (secondary N) is 1. The van der Waals surface area contributed by atoms with E-state index in [2.05, 4.69) is 26.3 Å². The first-order chi connectivity index (χ1) is 10.8. The molecule has 0 aromatic carbocycles. The number of piperidine rings is 1. The summed E-state index contributed by atoms with van der Waals surface area (Å²) in [6.45, 7) is 1.46. The summed E-state index contributed by atoms with van der Waals surface area (Å²) in [5.74, 6) is 1.25. The topological polar surface area (TPSA) is 71.0 Å². The molecular weight excluding hydrogens is 278 g/mol. The molecule has 2 aromatic rings. The van der Waals surface area contributed by atoms with E-state index in [-0.39, 0.29) is 5.91 Å². The lowest BCUT2D eigenvalue weighted by Crippen LogP contribution is -2.38. The average molecular weight is 297 g/mol. The number of pyridine rings is 1. The van der Waals surface area contributed by atoms with E-state index in [0.29, 0.717) is 11.6 Å². The van der Waals surface area contributed by atoms with Crippen LogP contribution in [0.3, 0.4) is 0 Å². The summed E-state index contributed by atoms with van der Waals surface area (Å²) in [6, 6.07) is 6.03. The van der Waals surface area contributed by atoms with Crippen molar-refractivity contribution in [1.29, 1.82) is 0 Å². The molecule has 3 heterocycles. The number of likely N-dealkylation sites (tertiary alicyclic amines) is 1. The predicted octanol–water partition coefficient (Wildman–Crippen LogP) is 1.93. The molecule has 6 heteroatoms. The number of anilines is 1. The normalized spacial score (nSPS) is 15.6. The van der Waals surface area contributed by atoms with Crippen molar-refractivity contribution in [2.75, 3.05) is 25.5 Å². The summed E-state index contributed by atoms with van der Waals surface area (Å²) in [7, 11) is 1.87. The maximum atomic E-state index is 12.3. The van der Waals surface area contributed by atoms with Crippen LogP contribution in [0.5, 0.6) is 0 Å². The van der Waals surface area contributed by atoms with Gasteiger partial charge < -0.3 is 10.2 Å². The Hall–Kier alpha value is -2.50. The van der Waals surface area contributed by atoms with Crippen molar-refractivity contribution in [1.82, 2.24) is 19.9 Å². The highest BCUT2D eigenvalue weighted by molar-refractivity contribution is 5.92. The van der Waals surface area contributed by atoms with E-state index in [1.165, 1.54) is 6.20 Å². The Labute approximate surface area is 129 Å². The monoisotopic (exact) mass is 297 g/mol. The summed E-state index contributed by atoms with van der Waals surface area (Å²) >= 11 is 0. The molecule has 0 aliphatic carbocycles. The van der Waals surface area contributed by atoms with Gasteiger partial charge in [-0.25, -0.2) is 9.97 Å². The fourth-order valence-corrected chi connectivity index (χ4v) is 2.77. The molecule has 1 amide bonds. The second-order valence-electron chi connectivity index (χ2n) is 5.35. The minimum atomic E-state index is -0.0384.